The van der Waals surface area contributed by atoms with E-state index in [9.17, 15) is 0 Å². The lowest BCUT2D eigenvalue weighted by Crippen LogP contribution is -2.21. The average Bonchev–Trinajstić information content (AvgIpc) is 3.03. The van der Waals surface area contributed by atoms with Crippen LogP contribution in [0.2, 0.25) is 0 Å². The molecule has 1 aliphatic heterocycles. The number of furan rings is 1. The summed E-state index contributed by atoms with van der Waals surface area (Å²) in [5, 5.41) is 4.53. The molecule has 1 N–H and O–H groups in total. The molecule has 3 rings (SSSR count). The van der Waals surface area contributed by atoms with Gasteiger partial charge in [0.1, 0.15) is 11.3 Å². The summed E-state index contributed by atoms with van der Waals surface area (Å²) in [6, 6.07) is 8.69. The highest BCUT2D eigenvalue weighted by atomic mass is 16.5. The van der Waals surface area contributed by atoms with Crippen molar-refractivity contribution in [3.8, 4) is 0 Å². The van der Waals surface area contributed by atoms with Crippen LogP contribution >= 0.6 is 0 Å². The van der Waals surface area contributed by atoms with E-state index in [2.05, 4.69) is 30.4 Å². The van der Waals surface area contributed by atoms with Crippen molar-refractivity contribution in [1.82, 2.24) is 5.32 Å². The van der Waals surface area contributed by atoms with Gasteiger partial charge in [-0.1, -0.05) is 11.6 Å². The van der Waals surface area contributed by atoms with Gasteiger partial charge in [-0.15, -0.1) is 0 Å². The topological polar surface area (TPSA) is 34.4 Å². The fourth-order valence-corrected chi connectivity index (χ4v) is 2.82. The van der Waals surface area contributed by atoms with E-state index < -0.39 is 0 Å². The monoisotopic (exact) mass is 259 g/mol. The first-order valence-electron chi connectivity index (χ1n) is 7.05. The molecule has 2 heterocycles. The highest BCUT2D eigenvalue weighted by Gasteiger charge is 2.23. The molecule has 2 aromatic rings. The molecule has 1 aromatic heterocycles. The van der Waals surface area contributed by atoms with Gasteiger partial charge in [0.05, 0.1) is 12.1 Å². The fraction of sp³-hybridized carbons (Fsp3) is 0.500. The Kier molecular flexibility index (Phi) is 3.58. The van der Waals surface area contributed by atoms with E-state index in [0.717, 1.165) is 30.8 Å². The second-order valence-electron chi connectivity index (χ2n) is 5.40. The van der Waals surface area contributed by atoms with Crippen LogP contribution in [-0.4, -0.2) is 19.8 Å². The number of rotatable bonds is 4. The molecule has 0 spiro atoms. The van der Waals surface area contributed by atoms with Crippen molar-refractivity contribution in [2.45, 2.75) is 38.3 Å². The number of aryl methyl sites for hydroxylation is 1. The van der Waals surface area contributed by atoms with E-state index >= 15 is 0 Å². The lowest BCUT2D eigenvalue weighted by Gasteiger charge is -2.17. The van der Waals surface area contributed by atoms with E-state index in [1.165, 1.54) is 17.4 Å². The molecular formula is C16H21NO2. The second kappa shape index (κ2) is 5.35. The third-order valence-corrected chi connectivity index (χ3v) is 3.91. The van der Waals surface area contributed by atoms with Gasteiger partial charge in [-0.05, 0) is 51.4 Å². The normalized spacial score (nSPS) is 21.1. The standard InChI is InChI=1S/C16H21NO2/c1-11-5-6-15-12(8-11)9-16(19-15)14(17-2)10-13-4-3-7-18-13/h5-6,8-9,13-14,17H,3-4,7,10H2,1-2H3. The molecule has 1 saturated heterocycles. The summed E-state index contributed by atoms with van der Waals surface area (Å²) in [6.07, 6.45) is 3.69. The lowest BCUT2D eigenvalue weighted by molar-refractivity contribution is 0.0932. The summed E-state index contributed by atoms with van der Waals surface area (Å²) >= 11 is 0. The Morgan fingerprint density at radius 2 is 2.26 bits per heavy atom. The number of benzene rings is 1. The predicted octanol–water partition coefficient (Wildman–Crippen LogP) is 3.57. The van der Waals surface area contributed by atoms with Crippen molar-refractivity contribution in [3.63, 3.8) is 0 Å². The summed E-state index contributed by atoms with van der Waals surface area (Å²) in [5.74, 6) is 1.01. The Balaban J connectivity index is 1.83. The maximum atomic E-state index is 5.97. The SMILES string of the molecule is CNC(CC1CCCO1)c1cc2cc(C)ccc2o1. The minimum atomic E-state index is 0.232. The highest BCUT2D eigenvalue weighted by Crippen LogP contribution is 2.29. The van der Waals surface area contributed by atoms with E-state index in [4.69, 9.17) is 9.15 Å². The van der Waals surface area contributed by atoms with Gasteiger partial charge in [-0.2, -0.15) is 0 Å². The molecule has 3 nitrogen and oxygen atoms in total. The van der Waals surface area contributed by atoms with Gasteiger partial charge in [0.25, 0.3) is 0 Å². The molecule has 2 atom stereocenters. The fourth-order valence-electron chi connectivity index (χ4n) is 2.82. The van der Waals surface area contributed by atoms with Crippen LogP contribution in [0.25, 0.3) is 11.0 Å². The quantitative estimate of drug-likeness (QED) is 0.911. The number of nitrogens with one attached hydrogen (secondary N) is 1. The van der Waals surface area contributed by atoms with Gasteiger partial charge in [-0.3, -0.25) is 0 Å². The average molecular weight is 259 g/mol. The van der Waals surface area contributed by atoms with Gasteiger partial charge < -0.3 is 14.5 Å². The number of hydrogen-bond donors (Lipinski definition) is 1. The van der Waals surface area contributed by atoms with Crippen LogP contribution in [-0.2, 0) is 4.74 Å². The van der Waals surface area contributed by atoms with E-state index in [-0.39, 0.29) is 6.04 Å². The Morgan fingerprint density at radius 3 is 3.00 bits per heavy atom. The third-order valence-electron chi connectivity index (χ3n) is 3.91. The van der Waals surface area contributed by atoms with Crippen LogP contribution in [0, 0.1) is 6.92 Å². The Labute approximate surface area is 113 Å². The maximum Gasteiger partial charge on any atom is 0.134 e. The summed E-state index contributed by atoms with van der Waals surface area (Å²) in [6.45, 7) is 3.01. The Morgan fingerprint density at radius 1 is 1.37 bits per heavy atom. The smallest absolute Gasteiger partial charge is 0.134 e. The minimum Gasteiger partial charge on any atom is -0.459 e. The van der Waals surface area contributed by atoms with Gasteiger partial charge in [0, 0.05) is 12.0 Å². The van der Waals surface area contributed by atoms with E-state index in [1.807, 2.05) is 13.1 Å². The lowest BCUT2D eigenvalue weighted by atomic mass is 10.0. The van der Waals surface area contributed by atoms with Crippen molar-refractivity contribution < 1.29 is 9.15 Å². The molecule has 102 valence electrons. The van der Waals surface area contributed by atoms with Crippen molar-refractivity contribution >= 4 is 11.0 Å². The summed E-state index contributed by atoms with van der Waals surface area (Å²) < 4.78 is 11.7. The van der Waals surface area contributed by atoms with Gasteiger partial charge in [-0.25, -0.2) is 0 Å². The Bertz CT molecular complexity index is 555. The first-order chi connectivity index (χ1) is 9.26. The van der Waals surface area contributed by atoms with Gasteiger partial charge >= 0.3 is 0 Å². The first-order valence-corrected chi connectivity index (χ1v) is 7.05. The van der Waals surface area contributed by atoms with Crippen molar-refractivity contribution in [3.05, 3.63) is 35.6 Å². The molecule has 3 heteroatoms. The number of hydrogen-bond acceptors (Lipinski definition) is 3. The van der Waals surface area contributed by atoms with Crippen molar-refractivity contribution in [2.75, 3.05) is 13.7 Å². The van der Waals surface area contributed by atoms with Crippen LogP contribution in [0.15, 0.2) is 28.7 Å². The molecule has 19 heavy (non-hydrogen) atoms. The maximum absolute atomic E-state index is 5.97. The van der Waals surface area contributed by atoms with Crippen LogP contribution < -0.4 is 5.32 Å². The van der Waals surface area contributed by atoms with E-state index in [1.54, 1.807) is 0 Å². The zero-order chi connectivity index (χ0) is 13.2. The zero-order valence-corrected chi connectivity index (χ0v) is 11.6. The van der Waals surface area contributed by atoms with E-state index in [0.29, 0.717) is 6.10 Å². The summed E-state index contributed by atoms with van der Waals surface area (Å²) in [4.78, 5) is 0. The molecular weight excluding hydrogens is 238 g/mol. The van der Waals surface area contributed by atoms with Crippen LogP contribution in [0.3, 0.4) is 0 Å². The van der Waals surface area contributed by atoms with Crippen molar-refractivity contribution in [2.24, 2.45) is 0 Å². The minimum absolute atomic E-state index is 0.232. The molecule has 0 bridgehead atoms. The zero-order valence-electron chi connectivity index (χ0n) is 11.6. The predicted molar refractivity (Wildman–Crippen MR) is 76.3 cm³/mol. The largest absolute Gasteiger partial charge is 0.459 e. The molecule has 1 fully saturated rings. The summed E-state index contributed by atoms with van der Waals surface area (Å²) in [5.41, 5.74) is 2.23. The molecule has 2 unspecified atom stereocenters. The van der Waals surface area contributed by atoms with Crippen LogP contribution in [0.5, 0.6) is 0 Å². The van der Waals surface area contributed by atoms with Gasteiger partial charge in [0.15, 0.2) is 0 Å². The Hall–Kier alpha value is -1.32. The molecule has 0 saturated carbocycles. The molecule has 0 amide bonds. The highest BCUT2D eigenvalue weighted by molar-refractivity contribution is 5.78. The molecule has 0 aliphatic carbocycles. The summed E-state index contributed by atoms with van der Waals surface area (Å²) in [7, 11) is 1.98. The number of ether oxygens (including phenoxy) is 1. The first kappa shape index (κ1) is 12.7. The second-order valence-corrected chi connectivity index (χ2v) is 5.40. The van der Waals surface area contributed by atoms with Crippen LogP contribution in [0.1, 0.15) is 36.6 Å². The van der Waals surface area contributed by atoms with Gasteiger partial charge in [0.2, 0.25) is 0 Å². The van der Waals surface area contributed by atoms with Crippen molar-refractivity contribution in [1.29, 1.82) is 0 Å². The third kappa shape index (κ3) is 2.67. The molecule has 1 aromatic carbocycles. The number of fused-ring (bicyclic) bond motifs is 1. The molecule has 1 aliphatic rings. The molecule has 0 radical (unpaired) electrons. The van der Waals surface area contributed by atoms with Crippen LogP contribution in [0.4, 0.5) is 0 Å².